The topological polar surface area (TPSA) is 237 Å². The monoisotopic (exact) mass is 1510 g/mol. The third-order valence-corrected chi connectivity index (χ3v) is 22.3. The standard InChI is InChI=1S/C84H164O17P2/c1-7-11-13-15-17-19-20-21-22-23-24-25-29-32-35-38-42-49-55-61-67-82(87)95-73-79(100-83(88)68-62-56-50-43-39-36-33-30-27-26-28-31-34-37-41-46-52-58-64-76(5)9-3)74-98-102(90,91)96-70-78(85)71-97-103(92,93)99-75-80(72-94-81(86)66-60-54-48-40-18-16-14-12-8-2)101-84(89)69-63-57-51-45-44-47-53-59-65-77(6)10-4/h76-80,85H,7-75H2,1-6H3,(H,90,91)(H,92,93)/t76?,77?,78-,79-,80-/m1/s1. The summed E-state index contributed by atoms with van der Waals surface area (Å²) in [6.07, 6.45) is 66.7. The van der Waals surface area contributed by atoms with Gasteiger partial charge in [-0.15, -0.1) is 0 Å². The summed E-state index contributed by atoms with van der Waals surface area (Å²) in [7, 11) is -9.92. The summed E-state index contributed by atoms with van der Waals surface area (Å²) in [5, 5.41) is 10.6. The van der Waals surface area contributed by atoms with E-state index >= 15 is 0 Å². The zero-order chi connectivity index (χ0) is 75.6. The van der Waals surface area contributed by atoms with Gasteiger partial charge in [-0.05, 0) is 37.5 Å². The Hall–Kier alpha value is -1.94. The Bertz CT molecular complexity index is 1980. The maximum Gasteiger partial charge on any atom is 0.472 e. The number of esters is 4. The molecule has 0 aliphatic heterocycles. The predicted octanol–water partition coefficient (Wildman–Crippen LogP) is 25.5. The molecule has 19 heteroatoms. The quantitative estimate of drug-likeness (QED) is 0.0222. The van der Waals surface area contributed by atoms with Gasteiger partial charge >= 0.3 is 39.5 Å². The number of phosphoric acid groups is 2. The number of phosphoric ester groups is 2. The molecule has 0 aromatic heterocycles. The summed E-state index contributed by atoms with van der Waals surface area (Å²) in [4.78, 5) is 73.0. The molecule has 612 valence electrons. The summed E-state index contributed by atoms with van der Waals surface area (Å²) in [5.41, 5.74) is 0. The van der Waals surface area contributed by atoms with Gasteiger partial charge in [0.1, 0.15) is 19.3 Å². The minimum atomic E-state index is -4.96. The lowest BCUT2D eigenvalue weighted by molar-refractivity contribution is -0.161. The highest BCUT2D eigenvalue weighted by molar-refractivity contribution is 7.47. The Morgan fingerprint density at radius 3 is 0.689 bits per heavy atom. The van der Waals surface area contributed by atoms with Crippen LogP contribution in [-0.4, -0.2) is 96.7 Å². The average molecular weight is 1510 g/mol. The summed E-state index contributed by atoms with van der Waals surface area (Å²) < 4.78 is 68.7. The van der Waals surface area contributed by atoms with Gasteiger partial charge in [0, 0.05) is 25.7 Å². The molecule has 0 radical (unpaired) electrons. The molecule has 0 fully saturated rings. The van der Waals surface area contributed by atoms with Gasteiger partial charge in [-0.2, -0.15) is 0 Å². The molecule has 0 rings (SSSR count). The smallest absolute Gasteiger partial charge is 0.462 e. The molecule has 0 saturated heterocycles. The summed E-state index contributed by atoms with van der Waals surface area (Å²) in [6.45, 7) is 9.69. The molecule has 0 spiro atoms. The van der Waals surface area contributed by atoms with Crippen LogP contribution in [0, 0.1) is 11.8 Å². The molecule has 0 aliphatic rings. The first-order valence-corrected chi connectivity index (χ1v) is 46.6. The SMILES string of the molecule is CCCCCCCCCCCCCCCCCCCCCCC(=O)OC[C@H](COP(=O)(O)OC[C@@H](O)COP(=O)(O)OC[C@@H](COC(=O)CCCCCCCCCCC)OC(=O)CCCCCCCCCCC(C)CC)OC(=O)CCCCCCCCCCCCCCCCCCCCC(C)CC. The van der Waals surface area contributed by atoms with Gasteiger partial charge in [0.15, 0.2) is 12.2 Å². The number of rotatable bonds is 83. The summed E-state index contributed by atoms with van der Waals surface area (Å²) >= 11 is 0. The highest BCUT2D eigenvalue weighted by atomic mass is 31.2. The van der Waals surface area contributed by atoms with E-state index in [2.05, 4.69) is 41.5 Å². The van der Waals surface area contributed by atoms with Gasteiger partial charge in [0.25, 0.3) is 0 Å². The van der Waals surface area contributed by atoms with Crippen molar-refractivity contribution in [2.24, 2.45) is 11.8 Å². The first kappa shape index (κ1) is 101. The first-order chi connectivity index (χ1) is 49.9. The molecule has 0 aromatic carbocycles. The maximum absolute atomic E-state index is 13.1. The van der Waals surface area contributed by atoms with E-state index in [1.807, 2.05) is 0 Å². The van der Waals surface area contributed by atoms with Crippen LogP contribution in [0.5, 0.6) is 0 Å². The number of ether oxygens (including phenoxy) is 4. The summed E-state index contributed by atoms with van der Waals surface area (Å²) in [5.74, 6) is -0.468. The lowest BCUT2D eigenvalue weighted by Crippen LogP contribution is -2.30. The molecule has 4 unspecified atom stereocenters. The minimum Gasteiger partial charge on any atom is -0.462 e. The van der Waals surface area contributed by atoms with Crippen molar-refractivity contribution in [2.75, 3.05) is 39.6 Å². The minimum absolute atomic E-state index is 0.105. The molecule has 17 nitrogen and oxygen atoms in total. The number of carbonyl (C=O) groups excluding carboxylic acids is 4. The van der Waals surface area contributed by atoms with E-state index in [4.69, 9.17) is 37.0 Å². The largest absolute Gasteiger partial charge is 0.472 e. The molecule has 0 aliphatic carbocycles. The van der Waals surface area contributed by atoms with Crippen LogP contribution in [0.2, 0.25) is 0 Å². The van der Waals surface area contributed by atoms with Crippen LogP contribution in [0.3, 0.4) is 0 Å². The van der Waals surface area contributed by atoms with Crippen molar-refractivity contribution in [3.63, 3.8) is 0 Å². The van der Waals surface area contributed by atoms with Crippen molar-refractivity contribution in [3.8, 4) is 0 Å². The fourth-order valence-electron chi connectivity index (χ4n) is 13.0. The molecule has 103 heavy (non-hydrogen) atoms. The van der Waals surface area contributed by atoms with Crippen LogP contribution in [-0.2, 0) is 65.4 Å². The average Bonchev–Trinajstić information content (AvgIpc) is 0.916. The van der Waals surface area contributed by atoms with Crippen LogP contribution in [0.25, 0.3) is 0 Å². The number of aliphatic hydroxyl groups is 1. The van der Waals surface area contributed by atoms with Gasteiger partial charge < -0.3 is 33.8 Å². The Labute approximate surface area is 632 Å². The molecule has 3 N–H and O–H groups in total. The number of unbranched alkanes of at least 4 members (excludes halogenated alkanes) is 51. The van der Waals surface area contributed by atoms with Crippen molar-refractivity contribution in [2.45, 2.75) is 464 Å². The lowest BCUT2D eigenvalue weighted by atomic mass is 9.99. The maximum atomic E-state index is 13.1. The summed E-state index contributed by atoms with van der Waals surface area (Å²) in [6, 6.07) is 0. The van der Waals surface area contributed by atoms with Gasteiger partial charge in [-0.1, -0.05) is 395 Å². The number of hydrogen-bond donors (Lipinski definition) is 3. The molecule has 0 aromatic rings. The highest BCUT2D eigenvalue weighted by Gasteiger charge is 2.30. The lowest BCUT2D eigenvalue weighted by Gasteiger charge is -2.21. The van der Waals surface area contributed by atoms with Crippen molar-refractivity contribution < 1.29 is 80.2 Å². The van der Waals surface area contributed by atoms with Crippen molar-refractivity contribution in [1.82, 2.24) is 0 Å². The van der Waals surface area contributed by atoms with Crippen molar-refractivity contribution in [1.29, 1.82) is 0 Å². The first-order valence-electron chi connectivity index (χ1n) is 43.6. The van der Waals surface area contributed by atoms with Crippen LogP contribution in [0.4, 0.5) is 0 Å². The number of carbonyl (C=O) groups is 4. The third kappa shape index (κ3) is 75.3. The third-order valence-electron chi connectivity index (χ3n) is 20.4. The Morgan fingerprint density at radius 1 is 0.272 bits per heavy atom. The molecule has 0 amide bonds. The van der Waals surface area contributed by atoms with E-state index in [9.17, 15) is 43.2 Å². The van der Waals surface area contributed by atoms with Crippen LogP contribution >= 0.6 is 15.6 Å². The molecular weight excluding hydrogens is 1340 g/mol. The molecular formula is C84H164O17P2. The Kier molecular flexibility index (Phi) is 74.1. The second-order valence-corrected chi connectivity index (χ2v) is 33.6. The Morgan fingerprint density at radius 2 is 0.466 bits per heavy atom. The van der Waals surface area contributed by atoms with Crippen LogP contribution in [0.15, 0.2) is 0 Å². The van der Waals surface area contributed by atoms with E-state index in [-0.39, 0.29) is 25.7 Å². The van der Waals surface area contributed by atoms with Crippen molar-refractivity contribution in [3.05, 3.63) is 0 Å². The molecule has 0 saturated carbocycles. The van der Waals surface area contributed by atoms with Crippen molar-refractivity contribution >= 4 is 39.5 Å². The fraction of sp³-hybridized carbons (Fsp3) is 0.952. The Balaban J connectivity index is 5.19. The normalized spacial score (nSPS) is 14.4. The van der Waals surface area contributed by atoms with Gasteiger partial charge in [-0.3, -0.25) is 37.3 Å². The second kappa shape index (κ2) is 75.5. The zero-order valence-corrected chi connectivity index (χ0v) is 69.4. The molecule has 0 heterocycles. The van der Waals surface area contributed by atoms with E-state index < -0.39 is 97.5 Å². The van der Waals surface area contributed by atoms with E-state index in [0.29, 0.717) is 25.7 Å². The zero-order valence-electron chi connectivity index (χ0n) is 67.6. The fourth-order valence-corrected chi connectivity index (χ4v) is 14.6. The molecule has 0 bridgehead atoms. The number of hydrogen-bond acceptors (Lipinski definition) is 15. The van der Waals surface area contributed by atoms with E-state index in [1.54, 1.807) is 0 Å². The van der Waals surface area contributed by atoms with E-state index in [0.717, 1.165) is 102 Å². The second-order valence-electron chi connectivity index (χ2n) is 30.7. The van der Waals surface area contributed by atoms with Gasteiger partial charge in [0.05, 0.1) is 26.4 Å². The van der Waals surface area contributed by atoms with Gasteiger partial charge in [0.2, 0.25) is 0 Å². The number of aliphatic hydroxyl groups excluding tert-OH is 1. The van der Waals surface area contributed by atoms with Crippen LogP contribution < -0.4 is 0 Å². The predicted molar refractivity (Wildman–Crippen MR) is 423 cm³/mol. The highest BCUT2D eigenvalue weighted by Crippen LogP contribution is 2.45. The molecule has 7 atom stereocenters. The van der Waals surface area contributed by atoms with Gasteiger partial charge in [-0.25, -0.2) is 9.13 Å². The van der Waals surface area contributed by atoms with Crippen LogP contribution in [0.1, 0.15) is 446 Å². The van der Waals surface area contributed by atoms with E-state index in [1.165, 1.54) is 263 Å².